The topological polar surface area (TPSA) is 152 Å². The van der Waals surface area contributed by atoms with Crippen LogP contribution in [-0.4, -0.2) is 64.3 Å². The fourth-order valence-corrected chi connectivity index (χ4v) is 1.13. The summed E-state index contributed by atoms with van der Waals surface area (Å²) in [5, 5.41) is 17.2. The summed E-state index contributed by atoms with van der Waals surface area (Å²) >= 11 is 0. The summed E-state index contributed by atoms with van der Waals surface area (Å²) in [5.41, 5.74) is 0.710. The zero-order chi connectivity index (χ0) is 12.6. The van der Waals surface area contributed by atoms with E-state index in [1.807, 2.05) is 6.79 Å². The van der Waals surface area contributed by atoms with Gasteiger partial charge >= 0.3 is 36.4 Å². The van der Waals surface area contributed by atoms with E-state index in [0.29, 0.717) is 5.56 Å². The quantitative estimate of drug-likeness (QED) is 0.555. The maximum absolute atomic E-state index is 10.6. The first-order valence-corrected chi connectivity index (χ1v) is 4.39. The average molecular weight is 380 g/mol. The number of rotatable bonds is 4. The number of benzene rings is 1. The summed E-state index contributed by atoms with van der Waals surface area (Å²) < 4.78 is 0. The average Bonchev–Trinajstić information content (AvgIpc) is 2.29. The maximum Gasteiger partial charge on any atom is 3.00 e. The Hall–Kier alpha value is -1.43. The molecule has 0 atom stereocenters. The molecule has 0 aliphatic heterocycles. The number of hydrogen-bond acceptors (Lipinski definition) is 5. The van der Waals surface area contributed by atoms with Gasteiger partial charge in [0.2, 0.25) is 0 Å². The first kappa shape index (κ1) is 26.2. The van der Waals surface area contributed by atoms with Crippen LogP contribution in [0.15, 0.2) is 30.3 Å². The van der Waals surface area contributed by atoms with Crippen LogP contribution in [0.1, 0.15) is 5.56 Å². The molecule has 0 aliphatic carbocycles. The van der Waals surface area contributed by atoms with Gasteiger partial charge in [0, 0.05) is 0 Å². The summed E-state index contributed by atoms with van der Waals surface area (Å²) in [7, 11) is 0. The summed E-state index contributed by atoms with van der Waals surface area (Å²) in [6.45, 7) is 2.00. The second kappa shape index (κ2) is 14.6. The molecule has 0 heterocycles. The first-order chi connectivity index (χ1) is 7.61. The zero-order valence-electron chi connectivity index (χ0n) is 9.84. The van der Waals surface area contributed by atoms with Crippen LogP contribution >= 0.6 is 0 Å². The van der Waals surface area contributed by atoms with Gasteiger partial charge in [-0.1, -0.05) is 30.3 Å². The largest absolute Gasteiger partial charge is 3.00 e. The Morgan fingerprint density at radius 3 is 1.68 bits per heavy atom. The van der Waals surface area contributed by atoms with Crippen molar-refractivity contribution < 1.29 is 35.5 Å². The van der Waals surface area contributed by atoms with Crippen molar-refractivity contribution in [3.05, 3.63) is 35.9 Å². The molecule has 0 amide bonds. The van der Waals surface area contributed by atoms with Crippen LogP contribution in [0.25, 0.3) is 0 Å². The zero-order valence-corrected chi connectivity index (χ0v) is 12.4. The van der Waals surface area contributed by atoms with Gasteiger partial charge < -0.3 is 26.0 Å². The minimum Gasteiger partial charge on any atom is -0.870 e. The van der Waals surface area contributed by atoms with Crippen LogP contribution in [0.2, 0.25) is 0 Å². The molecule has 0 aromatic heterocycles. The van der Waals surface area contributed by atoms with Crippen molar-refractivity contribution in [1.29, 1.82) is 0 Å². The molecule has 0 aliphatic rings. The maximum atomic E-state index is 10.6. The van der Waals surface area contributed by atoms with Gasteiger partial charge in [-0.05, 0) is 12.0 Å². The second-order valence-electron chi connectivity index (χ2n) is 2.92. The van der Waals surface area contributed by atoms with Crippen molar-refractivity contribution in [2.24, 2.45) is 5.92 Å². The third kappa shape index (κ3) is 10.2. The summed E-state index contributed by atoms with van der Waals surface area (Å²) in [5.74, 6) is -3.97. The number of carboxylic acids is 2. The van der Waals surface area contributed by atoms with Crippen molar-refractivity contribution >= 4 is 43.2 Å². The summed E-state index contributed by atoms with van der Waals surface area (Å²) in [6.07, 6.45) is 0.0194. The normalized spacial score (nSPS) is 7.63. The Balaban J connectivity index is -0.000000214. The number of aliphatic carboxylic acids is 2. The standard InChI is InChI=1S/C10H10O4.CH2O.2H2O.Sb/c11-9(12)8(10(13)14)6-7-4-2-1-3-5-7;1-2;;;/h1-5,8H,6H2,(H,11,12)(H,13,14);1H2;2*1H2;/q;;;;+3/p-2. The third-order valence-electron chi connectivity index (χ3n) is 1.88. The summed E-state index contributed by atoms with van der Waals surface area (Å²) in [4.78, 5) is 29.1. The van der Waals surface area contributed by atoms with E-state index in [1.165, 1.54) is 0 Å². The smallest absolute Gasteiger partial charge is 0.870 e. The van der Waals surface area contributed by atoms with Gasteiger partial charge in [-0.25, -0.2) is 0 Å². The Morgan fingerprint density at radius 1 is 1.00 bits per heavy atom. The fourth-order valence-electron chi connectivity index (χ4n) is 1.13. The van der Waals surface area contributed by atoms with Gasteiger partial charge in [0.1, 0.15) is 6.79 Å². The molecule has 4 N–H and O–H groups in total. The van der Waals surface area contributed by atoms with E-state index in [2.05, 4.69) is 0 Å². The SMILES string of the molecule is C=O.O=C(O)C(Cc1ccccc1)C(=O)O.[OH-].[OH-].[Sb+3]. The molecule has 7 nitrogen and oxygen atoms in total. The molecule has 0 saturated carbocycles. The Bertz CT molecular complexity index is 341. The Kier molecular flexibility index (Phi) is 20.2. The van der Waals surface area contributed by atoms with Gasteiger partial charge in [-0.2, -0.15) is 0 Å². The molecule has 1 aromatic rings. The molecule has 0 spiro atoms. The van der Waals surface area contributed by atoms with Crippen LogP contribution in [0.4, 0.5) is 0 Å². The molecule has 2 radical (unpaired) electrons. The molecule has 8 heteroatoms. The molecule has 0 unspecified atom stereocenters. The number of carboxylic acid groups (broad SMARTS) is 2. The van der Waals surface area contributed by atoms with Crippen molar-refractivity contribution in [2.75, 3.05) is 0 Å². The predicted octanol–water partition coefficient (Wildman–Crippen LogP) is 0.0952. The summed E-state index contributed by atoms with van der Waals surface area (Å²) in [6, 6.07) is 8.70. The van der Waals surface area contributed by atoms with E-state index < -0.39 is 17.9 Å². The minimum absolute atomic E-state index is 0. The Morgan fingerprint density at radius 2 is 1.37 bits per heavy atom. The van der Waals surface area contributed by atoms with Crippen molar-refractivity contribution in [2.45, 2.75) is 6.42 Å². The van der Waals surface area contributed by atoms with Gasteiger partial charge in [0.05, 0.1) is 0 Å². The van der Waals surface area contributed by atoms with Crippen LogP contribution in [0, 0.1) is 5.92 Å². The number of hydrogen-bond donors (Lipinski definition) is 2. The fraction of sp³-hybridized carbons (Fsp3) is 0.182. The van der Waals surface area contributed by atoms with Gasteiger partial charge in [-0.3, -0.25) is 9.59 Å². The van der Waals surface area contributed by atoms with E-state index in [1.54, 1.807) is 30.3 Å². The molecular formula is C11H14O7Sb+. The molecular weight excluding hydrogens is 366 g/mol. The molecule has 0 bridgehead atoms. The minimum atomic E-state index is -1.36. The van der Waals surface area contributed by atoms with Crippen molar-refractivity contribution in [3.63, 3.8) is 0 Å². The van der Waals surface area contributed by atoms with Crippen molar-refractivity contribution in [1.82, 2.24) is 0 Å². The molecule has 0 fully saturated rings. The van der Waals surface area contributed by atoms with Gasteiger partial charge in [0.15, 0.2) is 5.92 Å². The van der Waals surface area contributed by atoms with E-state index in [4.69, 9.17) is 15.0 Å². The molecule has 1 aromatic carbocycles. The van der Waals surface area contributed by atoms with E-state index in [9.17, 15) is 9.59 Å². The van der Waals surface area contributed by atoms with E-state index in [-0.39, 0.29) is 41.8 Å². The third-order valence-corrected chi connectivity index (χ3v) is 1.88. The van der Waals surface area contributed by atoms with E-state index in [0.717, 1.165) is 0 Å². The number of carbonyl (C=O) groups excluding carboxylic acids is 1. The van der Waals surface area contributed by atoms with Gasteiger partial charge in [-0.15, -0.1) is 0 Å². The predicted molar refractivity (Wildman–Crippen MR) is 65.7 cm³/mol. The second-order valence-corrected chi connectivity index (χ2v) is 2.92. The van der Waals surface area contributed by atoms with Crippen LogP contribution in [0.3, 0.4) is 0 Å². The molecule has 19 heavy (non-hydrogen) atoms. The van der Waals surface area contributed by atoms with Crippen LogP contribution < -0.4 is 0 Å². The van der Waals surface area contributed by atoms with Crippen LogP contribution in [0.5, 0.6) is 0 Å². The van der Waals surface area contributed by atoms with Crippen LogP contribution in [-0.2, 0) is 20.8 Å². The first-order valence-electron chi connectivity index (χ1n) is 4.39. The van der Waals surface area contributed by atoms with Gasteiger partial charge in [0.25, 0.3) is 0 Å². The molecule has 0 saturated heterocycles. The van der Waals surface area contributed by atoms with Crippen molar-refractivity contribution in [3.8, 4) is 0 Å². The Labute approximate surface area is 127 Å². The monoisotopic (exact) mass is 379 g/mol. The molecule has 1 rings (SSSR count). The van der Waals surface area contributed by atoms with E-state index >= 15 is 0 Å². The molecule has 104 valence electrons. The number of carbonyl (C=O) groups is 3.